The first kappa shape index (κ1) is 13.4. The number of hydrogen-bond donors (Lipinski definition) is 2. The number of rotatable bonds is 5. The van der Waals surface area contributed by atoms with Crippen LogP contribution in [0.3, 0.4) is 0 Å². The quantitative estimate of drug-likeness (QED) is 0.796. The number of hydrogen-bond acceptors (Lipinski definition) is 3. The average molecular weight is 258 g/mol. The predicted molar refractivity (Wildman–Crippen MR) is 74.4 cm³/mol. The van der Waals surface area contributed by atoms with Gasteiger partial charge in [-0.05, 0) is 37.3 Å². The molecule has 1 aliphatic carbocycles. The number of carboxylic acid groups (broad SMARTS) is 1. The minimum absolute atomic E-state index is 0.171. The standard InChI is InChI=1S/C15H18N2O2/c1-3-6-11(4-2)16-14-12(15(18)19)9-10-7-5-8-13(10)17-14/h2,9,11H,3,5-8H2,1H3,(H,16,17)(H,18,19). The van der Waals surface area contributed by atoms with Crippen molar-refractivity contribution in [3.05, 3.63) is 22.9 Å². The molecule has 0 amide bonds. The van der Waals surface area contributed by atoms with Crippen LogP contribution < -0.4 is 5.32 Å². The number of carbonyl (C=O) groups is 1. The second-order valence-electron chi connectivity index (χ2n) is 4.80. The maximum atomic E-state index is 11.3. The van der Waals surface area contributed by atoms with Crippen molar-refractivity contribution in [2.75, 3.05) is 5.32 Å². The number of nitrogens with zero attached hydrogens (tertiary/aromatic N) is 1. The minimum Gasteiger partial charge on any atom is -0.478 e. The van der Waals surface area contributed by atoms with Crippen molar-refractivity contribution >= 4 is 11.8 Å². The molecule has 0 spiro atoms. The van der Waals surface area contributed by atoms with E-state index in [9.17, 15) is 9.90 Å². The van der Waals surface area contributed by atoms with Crippen LogP contribution in [0.4, 0.5) is 5.82 Å². The summed E-state index contributed by atoms with van der Waals surface area (Å²) in [6, 6.07) is 1.56. The molecule has 1 aromatic heterocycles. The first-order valence-corrected chi connectivity index (χ1v) is 6.64. The summed E-state index contributed by atoms with van der Waals surface area (Å²) in [5.74, 6) is 2.09. The van der Waals surface area contributed by atoms with E-state index in [1.54, 1.807) is 6.07 Å². The van der Waals surface area contributed by atoms with Gasteiger partial charge in [-0.25, -0.2) is 9.78 Å². The molecular weight excluding hydrogens is 240 g/mol. The number of nitrogens with one attached hydrogen (secondary N) is 1. The van der Waals surface area contributed by atoms with Gasteiger partial charge in [-0.1, -0.05) is 19.3 Å². The van der Waals surface area contributed by atoms with E-state index in [1.165, 1.54) is 0 Å². The summed E-state index contributed by atoms with van der Waals surface area (Å²) >= 11 is 0. The molecule has 0 saturated carbocycles. The molecule has 0 radical (unpaired) electrons. The van der Waals surface area contributed by atoms with E-state index in [1.807, 2.05) is 6.92 Å². The lowest BCUT2D eigenvalue weighted by Crippen LogP contribution is -2.20. The lowest BCUT2D eigenvalue weighted by molar-refractivity contribution is 0.0697. The van der Waals surface area contributed by atoms with Crippen LogP contribution >= 0.6 is 0 Å². The molecule has 1 unspecified atom stereocenters. The monoisotopic (exact) mass is 258 g/mol. The summed E-state index contributed by atoms with van der Waals surface area (Å²) in [5.41, 5.74) is 2.27. The van der Waals surface area contributed by atoms with E-state index in [-0.39, 0.29) is 11.6 Å². The fourth-order valence-corrected chi connectivity index (χ4v) is 2.40. The molecule has 19 heavy (non-hydrogen) atoms. The van der Waals surface area contributed by atoms with Gasteiger partial charge in [0.1, 0.15) is 11.4 Å². The van der Waals surface area contributed by atoms with Crippen LogP contribution in [0.25, 0.3) is 0 Å². The van der Waals surface area contributed by atoms with E-state index in [2.05, 4.69) is 16.2 Å². The number of anilines is 1. The zero-order valence-electron chi connectivity index (χ0n) is 11.1. The van der Waals surface area contributed by atoms with Crippen LogP contribution in [-0.4, -0.2) is 22.1 Å². The van der Waals surface area contributed by atoms with Crippen LogP contribution in [0.2, 0.25) is 0 Å². The topological polar surface area (TPSA) is 62.2 Å². The molecule has 0 aromatic carbocycles. The Morgan fingerprint density at radius 3 is 3.05 bits per heavy atom. The Balaban J connectivity index is 2.33. The summed E-state index contributed by atoms with van der Waals surface area (Å²) < 4.78 is 0. The fourth-order valence-electron chi connectivity index (χ4n) is 2.40. The van der Waals surface area contributed by atoms with Crippen LogP contribution in [0, 0.1) is 12.3 Å². The highest BCUT2D eigenvalue weighted by molar-refractivity contribution is 5.93. The van der Waals surface area contributed by atoms with Crippen molar-refractivity contribution in [1.82, 2.24) is 4.98 Å². The van der Waals surface area contributed by atoms with Crippen LogP contribution in [-0.2, 0) is 12.8 Å². The number of terminal acetylenes is 1. The van der Waals surface area contributed by atoms with Gasteiger partial charge in [-0.3, -0.25) is 0 Å². The first-order valence-electron chi connectivity index (χ1n) is 6.64. The van der Waals surface area contributed by atoms with Gasteiger partial charge in [0, 0.05) is 5.69 Å². The molecule has 4 heteroatoms. The van der Waals surface area contributed by atoms with Crippen molar-refractivity contribution in [2.45, 2.75) is 45.1 Å². The molecule has 2 N–H and O–H groups in total. The van der Waals surface area contributed by atoms with Crippen LogP contribution in [0.1, 0.15) is 47.8 Å². The Hall–Kier alpha value is -2.02. The minimum atomic E-state index is -0.961. The van der Waals surface area contributed by atoms with Crippen molar-refractivity contribution in [2.24, 2.45) is 0 Å². The highest BCUT2D eigenvalue weighted by Gasteiger charge is 2.20. The van der Waals surface area contributed by atoms with Gasteiger partial charge < -0.3 is 10.4 Å². The molecule has 4 nitrogen and oxygen atoms in total. The van der Waals surface area contributed by atoms with E-state index in [0.29, 0.717) is 5.82 Å². The predicted octanol–water partition coefficient (Wildman–Crippen LogP) is 2.48. The number of fused-ring (bicyclic) bond motifs is 1. The maximum Gasteiger partial charge on any atom is 0.339 e. The summed E-state index contributed by atoms with van der Waals surface area (Å²) in [4.78, 5) is 15.8. The Morgan fingerprint density at radius 1 is 1.63 bits per heavy atom. The van der Waals surface area contributed by atoms with Gasteiger partial charge in [0.2, 0.25) is 0 Å². The third kappa shape index (κ3) is 2.87. The molecular formula is C15H18N2O2. The molecule has 0 saturated heterocycles. The lowest BCUT2D eigenvalue weighted by Gasteiger charge is -2.15. The zero-order valence-corrected chi connectivity index (χ0v) is 11.1. The van der Waals surface area contributed by atoms with E-state index in [4.69, 9.17) is 6.42 Å². The smallest absolute Gasteiger partial charge is 0.339 e. The molecule has 0 fully saturated rings. The molecule has 1 aliphatic rings. The molecule has 100 valence electrons. The van der Waals surface area contributed by atoms with Gasteiger partial charge in [-0.2, -0.15) is 0 Å². The van der Waals surface area contributed by atoms with Crippen molar-refractivity contribution in [3.63, 3.8) is 0 Å². The molecule has 1 aromatic rings. The second-order valence-corrected chi connectivity index (χ2v) is 4.80. The van der Waals surface area contributed by atoms with Crippen molar-refractivity contribution in [1.29, 1.82) is 0 Å². The third-order valence-electron chi connectivity index (χ3n) is 3.37. The van der Waals surface area contributed by atoms with Gasteiger partial charge in [0.05, 0.1) is 6.04 Å². The third-order valence-corrected chi connectivity index (χ3v) is 3.37. The number of carboxylic acids is 1. The maximum absolute atomic E-state index is 11.3. The van der Waals surface area contributed by atoms with E-state index >= 15 is 0 Å². The van der Waals surface area contributed by atoms with Crippen LogP contribution in [0.15, 0.2) is 6.07 Å². The molecule has 0 bridgehead atoms. The number of aromatic nitrogens is 1. The molecule has 2 rings (SSSR count). The first-order chi connectivity index (χ1) is 9.15. The largest absolute Gasteiger partial charge is 0.478 e. The molecule has 0 aliphatic heterocycles. The van der Waals surface area contributed by atoms with Crippen molar-refractivity contribution in [3.8, 4) is 12.3 Å². The Morgan fingerprint density at radius 2 is 2.42 bits per heavy atom. The number of aromatic carboxylic acids is 1. The Labute approximate surface area is 113 Å². The number of pyridine rings is 1. The number of aryl methyl sites for hydroxylation is 2. The Bertz CT molecular complexity index is 532. The lowest BCUT2D eigenvalue weighted by atomic mass is 10.1. The molecule has 1 heterocycles. The summed E-state index contributed by atoms with van der Waals surface area (Å²) in [5, 5.41) is 12.4. The van der Waals surface area contributed by atoms with Crippen molar-refractivity contribution < 1.29 is 9.90 Å². The van der Waals surface area contributed by atoms with Gasteiger partial charge in [0.25, 0.3) is 0 Å². The second kappa shape index (κ2) is 5.75. The van der Waals surface area contributed by atoms with Gasteiger partial charge in [-0.15, -0.1) is 6.42 Å². The summed E-state index contributed by atoms with van der Waals surface area (Å²) in [6.07, 6.45) is 10.1. The highest BCUT2D eigenvalue weighted by Crippen LogP contribution is 2.26. The Kier molecular flexibility index (Phi) is 4.06. The normalized spacial score (nSPS) is 14.5. The highest BCUT2D eigenvalue weighted by atomic mass is 16.4. The zero-order chi connectivity index (χ0) is 13.8. The van der Waals surface area contributed by atoms with E-state index < -0.39 is 5.97 Å². The average Bonchev–Trinajstić information content (AvgIpc) is 2.84. The van der Waals surface area contributed by atoms with E-state index in [0.717, 1.165) is 43.4 Å². The summed E-state index contributed by atoms with van der Waals surface area (Å²) in [6.45, 7) is 2.04. The van der Waals surface area contributed by atoms with Crippen LogP contribution in [0.5, 0.6) is 0 Å². The van der Waals surface area contributed by atoms with Gasteiger partial charge >= 0.3 is 5.97 Å². The summed E-state index contributed by atoms with van der Waals surface area (Å²) in [7, 11) is 0. The SMILES string of the molecule is C#CC(CCC)Nc1nc2c(cc1C(=O)O)CCC2. The van der Waals surface area contributed by atoms with Gasteiger partial charge in [0.15, 0.2) is 0 Å². The fraction of sp³-hybridized carbons (Fsp3) is 0.467. The molecule has 1 atom stereocenters.